The second-order valence-corrected chi connectivity index (χ2v) is 4.15. The van der Waals surface area contributed by atoms with E-state index in [1.807, 2.05) is 0 Å². The number of ether oxygens (including phenoxy) is 1. The predicted molar refractivity (Wildman–Crippen MR) is 64.4 cm³/mol. The van der Waals surface area contributed by atoms with Gasteiger partial charge in [0.1, 0.15) is 18.0 Å². The Balaban J connectivity index is 2.42. The lowest BCUT2D eigenvalue weighted by molar-refractivity contribution is -0.123. The minimum absolute atomic E-state index is 0.0181. The maximum atomic E-state index is 11.7. The van der Waals surface area contributed by atoms with Gasteiger partial charge in [0.05, 0.1) is 6.61 Å². The molecule has 1 saturated heterocycles. The molecule has 0 saturated carbocycles. The van der Waals surface area contributed by atoms with E-state index in [-0.39, 0.29) is 5.82 Å². The van der Waals surface area contributed by atoms with Crippen molar-refractivity contribution in [3.05, 3.63) is 22.7 Å². The van der Waals surface area contributed by atoms with Crippen LogP contribution in [0.3, 0.4) is 0 Å². The van der Waals surface area contributed by atoms with Crippen molar-refractivity contribution in [2.45, 2.75) is 24.2 Å². The van der Waals surface area contributed by atoms with Crippen molar-refractivity contribution in [1.82, 2.24) is 9.55 Å². The largest absolute Gasteiger partial charge is 0.391 e. The zero-order valence-electron chi connectivity index (χ0n) is 9.88. The average Bonchev–Trinajstić information content (AvgIpc) is 2.64. The number of aliphatic imine (C=N–C) groups is 1. The highest BCUT2D eigenvalue weighted by Crippen LogP contribution is 2.36. The number of aliphatic hydroxyl groups is 3. The van der Waals surface area contributed by atoms with E-state index >= 15 is 0 Å². The number of hydrogen-bond acceptors (Lipinski definition) is 8. The lowest BCUT2D eigenvalue weighted by atomic mass is 10.1. The van der Waals surface area contributed by atoms with Gasteiger partial charge in [-0.25, -0.2) is 4.79 Å². The molecule has 1 aromatic rings. The van der Waals surface area contributed by atoms with Gasteiger partial charge in [0.25, 0.3) is 0 Å². The summed E-state index contributed by atoms with van der Waals surface area (Å²) in [4.78, 5) is 18.6. The molecule has 0 radical (unpaired) electrons. The summed E-state index contributed by atoms with van der Waals surface area (Å²) in [7, 11) is 0. The topological polar surface area (TPSA) is 143 Å². The molecule has 2 rings (SSSR count). The first-order valence-electron chi connectivity index (χ1n) is 5.42. The van der Waals surface area contributed by atoms with E-state index in [9.17, 15) is 20.1 Å². The number of aliphatic hydroxyl groups excluding tert-OH is 3. The Labute approximate surface area is 107 Å². The van der Waals surface area contributed by atoms with Crippen molar-refractivity contribution >= 4 is 12.5 Å². The minimum atomic E-state index is -1.77. The summed E-state index contributed by atoms with van der Waals surface area (Å²) < 4.78 is 6.23. The molecule has 1 aliphatic rings. The standard InChI is InChI=1S/C10H14N4O5/c1-12-10(4-15)7(17)6(16)8(19-10)14-3-2-5(11)13-9(14)18/h2-3,6-8,15-17H,1,4H2,(H2,11,13,18)/t6-,7+,8-,10-/m1/s1. The van der Waals surface area contributed by atoms with Crippen LogP contribution in [0.25, 0.3) is 0 Å². The molecule has 19 heavy (non-hydrogen) atoms. The maximum Gasteiger partial charge on any atom is 0.351 e. The summed E-state index contributed by atoms with van der Waals surface area (Å²) in [5.74, 6) is 0.0181. The van der Waals surface area contributed by atoms with Gasteiger partial charge >= 0.3 is 5.69 Å². The van der Waals surface area contributed by atoms with Crippen molar-refractivity contribution in [1.29, 1.82) is 0 Å². The minimum Gasteiger partial charge on any atom is -0.391 e. The van der Waals surface area contributed by atoms with E-state index in [1.54, 1.807) is 0 Å². The lowest BCUT2D eigenvalue weighted by Crippen LogP contribution is -2.44. The second kappa shape index (κ2) is 4.70. The summed E-state index contributed by atoms with van der Waals surface area (Å²) in [5, 5.41) is 29.0. The molecule has 2 heterocycles. The van der Waals surface area contributed by atoms with E-state index in [0.717, 1.165) is 4.57 Å². The highest BCUT2D eigenvalue weighted by molar-refractivity contribution is 5.27. The summed E-state index contributed by atoms with van der Waals surface area (Å²) in [6, 6.07) is 1.34. The van der Waals surface area contributed by atoms with Crippen molar-refractivity contribution in [2.24, 2.45) is 4.99 Å². The van der Waals surface area contributed by atoms with Gasteiger partial charge in [-0.1, -0.05) is 0 Å². The number of hydrogen-bond donors (Lipinski definition) is 4. The number of nitrogens with two attached hydrogens (primary N) is 1. The fraction of sp³-hybridized carbons (Fsp3) is 0.500. The number of aromatic nitrogens is 2. The Morgan fingerprint density at radius 1 is 1.63 bits per heavy atom. The third kappa shape index (κ3) is 2.02. The SMILES string of the molecule is C=N[C@]1(CO)O[C@@H](n2ccc(N)nc2=O)[C@H](O)[C@@H]1O. The normalized spacial score (nSPS) is 34.4. The highest BCUT2D eigenvalue weighted by Gasteiger charge is 2.54. The van der Waals surface area contributed by atoms with Crippen molar-refractivity contribution < 1.29 is 20.1 Å². The zero-order chi connectivity index (χ0) is 14.2. The molecule has 4 atom stereocenters. The van der Waals surface area contributed by atoms with Crippen molar-refractivity contribution in [3.63, 3.8) is 0 Å². The third-order valence-electron chi connectivity index (χ3n) is 3.02. The van der Waals surface area contributed by atoms with Crippen molar-refractivity contribution in [3.8, 4) is 0 Å². The van der Waals surface area contributed by atoms with Gasteiger partial charge in [-0.05, 0) is 12.8 Å². The molecular formula is C10H14N4O5. The molecule has 104 valence electrons. The molecule has 9 heteroatoms. The van der Waals surface area contributed by atoms with Crippen LogP contribution in [0.1, 0.15) is 6.23 Å². The van der Waals surface area contributed by atoms with Gasteiger partial charge in [-0.2, -0.15) is 4.98 Å². The Kier molecular flexibility index (Phi) is 3.37. The molecule has 0 aliphatic carbocycles. The predicted octanol–water partition coefficient (Wildman–Crippen LogP) is -2.53. The van der Waals surface area contributed by atoms with E-state index < -0.39 is 36.5 Å². The monoisotopic (exact) mass is 270 g/mol. The molecule has 5 N–H and O–H groups in total. The molecule has 0 unspecified atom stereocenters. The molecular weight excluding hydrogens is 256 g/mol. The van der Waals surface area contributed by atoms with Crippen LogP contribution < -0.4 is 11.4 Å². The van der Waals surface area contributed by atoms with Gasteiger partial charge in [-0.3, -0.25) is 9.56 Å². The number of nitrogens with zero attached hydrogens (tertiary/aromatic N) is 3. The van der Waals surface area contributed by atoms with E-state index in [4.69, 9.17) is 10.5 Å². The van der Waals surface area contributed by atoms with Crippen LogP contribution >= 0.6 is 0 Å². The molecule has 0 bridgehead atoms. The van der Waals surface area contributed by atoms with Crippen LogP contribution in [0.15, 0.2) is 22.1 Å². The van der Waals surface area contributed by atoms with Gasteiger partial charge in [0, 0.05) is 6.20 Å². The first-order chi connectivity index (χ1) is 8.95. The number of anilines is 1. The molecule has 1 fully saturated rings. The van der Waals surface area contributed by atoms with E-state index in [2.05, 4.69) is 16.7 Å². The number of nitrogen functional groups attached to an aromatic ring is 1. The number of rotatable bonds is 3. The quantitative estimate of drug-likeness (QED) is 0.443. The van der Waals surface area contributed by atoms with Crippen LogP contribution in [-0.4, -0.2) is 56.1 Å². The summed E-state index contributed by atoms with van der Waals surface area (Å²) in [5.41, 5.74) is 2.82. The Morgan fingerprint density at radius 3 is 2.79 bits per heavy atom. The first kappa shape index (κ1) is 13.6. The fourth-order valence-electron chi connectivity index (χ4n) is 1.92. The van der Waals surface area contributed by atoms with Gasteiger partial charge < -0.3 is 25.8 Å². The second-order valence-electron chi connectivity index (χ2n) is 4.15. The average molecular weight is 270 g/mol. The van der Waals surface area contributed by atoms with Gasteiger partial charge in [0.15, 0.2) is 6.23 Å². The summed E-state index contributed by atoms with van der Waals surface area (Å²) >= 11 is 0. The Hall–Kier alpha value is -1.81. The molecule has 1 aromatic heterocycles. The van der Waals surface area contributed by atoms with Crippen LogP contribution in [0.2, 0.25) is 0 Å². The lowest BCUT2D eigenvalue weighted by Gasteiger charge is -2.24. The smallest absolute Gasteiger partial charge is 0.351 e. The summed E-state index contributed by atoms with van der Waals surface area (Å²) in [6.45, 7) is 2.51. The molecule has 1 aliphatic heterocycles. The van der Waals surface area contributed by atoms with Gasteiger partial charge in [-0.15, -0.1) is 0 Å². The highest BCUT2D eigenvalue weighted by atomic mass is 16.6. The van der Waals surface area contributed by atoms with Gasteiger partial charge in [0.2, 0.25) is 5.72 Å². The molecule has 0 spiro atoms. The third-order valence-corrected chi connectivity index (χ3v) is 3.02. The molecule has 9 nitrogen and oxygen atoms in total. The van der Waals surface area contributed by atoms with E-state index in [1.165, 1.54) is 12.3 Å². The van der Waals surface area contributed by atoms with Crippen LogP contribution in [-0.2, 0) is 4.74 Å². The van der Waals surface area contributed by atoms with Crippen LogP contribution in [0.4, 0.5) is 5.82 Å². The van der Waals surface area contributed by atoms with Crippen molar-refractivity contribution in [2.75, 3.05) is 12.3 Å². The first-order valence-corrected chi connectivity index (χ1v) is 5.42. The Morgan fingerprint density at radius 2 is 2.32 bits per heavy atom. The summed E-state index contributed by atoms with van der Waals surface area (Å²) in [6.07, 6.45) is -2.97. The van der Waals surface area contributed by atoms with E-state index in [0.29, 0.717) is 0 Å². The molecule has 0 aromatic carbocycles. The Bertz CT molecular complexity index is 547. The van der Waals surface area contributed by atoms with Crippen LogP contribution in [0.5, 0.6) is 0 Å². The molecule has 0 amide bonds. The maximum absolute atomic E-state index is 11.7. The van der Waals surface area contributed by atoms with Crippen LogP contribution in [0, 0.1) is 0 Å². The zero-order valence-corrected chi connectivity index (χ0v) is 9.88. The fourth-order valence-corrected chi connectivity index (χ4v) is 1.92.